The lowest BCUT2D eigenvalue weighted by molar-refractivity contribution is -0.175. The number of nitrogens with one attached hydrogen (secondary N) is 1. The number of amides is 1. The number of hydrogen-bond donors (Lipinski definition) is 2. The Kier molecular flexibility index (Phi) is 6.40. The highest BCUT2D eigenvalue weighted by Crippen LogP contribution is 2.26. The van der Waals surface area contributed by atoms with Gasteiger partial charge in [-0.3, -0.25) is 4.79 Å². The molecular formula is C12H15F3N4O4. The van der Waals surface area contributed by atoms with E-state index in [1.54, 1.807) is 12.2 Å². The Hall–Kier alpha value is -2.26. The van der Waals surface area contributed by atoms with Gasteiger partial charge in [0.05, 0.1) is 18.2 Å². The fourth-order valence-electron chi connectivity index (χ4n) is 2.10. The molecule has 3 unspecified atom stereocenters. The Morgan fingerprint density at radius 1 is 1.57 bits per heavy atom. The van der Waals surface area contributed by atoms with Crippen molar-refractivity contribution in [1.82, 2.24) is 5.32 Å². The Bertz CT molecular complexity index is 543. The average Bonchev–Trinajstić information content (AvgIpc) is 2.46. The molecule has 0 fully saturated rings. The molecule has 0 aromatic heterocycles. The number of alkyl halides is 3. The lowest BCUT2D eigenvalue weighted by Gasteiger charge is -2.34. The molecule has 0 aliphatic heterocycles. The monoisotopic (exact) mass is 336 g/mol. The van der Waals surface area contributed by atoms with Crippen molar-refractivity contribution in [3.63, 3.8) is 0 Å². The summed E-state index contributed by atoms with van der Waals surface area (Å²) in [5.41, 5.74) is 8.38. The molecule has 0 radical (unpaired) electrons. The number of aliphatic carboxylic acids is 1. The summed E-state index contributed by atoms with van der Waals surface area (Å²) >= 11 is 0. The van der Waals surface area contributed by atoms with Gasteiger partial charge < -0.3 is 15.2 Å². The zero-order valence-corrected chi connectivity index (χ0v) is 12.1. The Morgan fingerprint density at radius 2 is 2.22 bits per heavy atom. The Labute approximate surface area is 128 Å². The van der Waals surface area contributed by atoms with Gasteiger partial charge in [-0.05, 0) is 24.4 Å². The van der Waals surface area contributed by atoms with Crippen LogP contribution in [-0.2, 0) is 14.3 Å². The SMILES string of the molecule is CCCOC1C=C(C(=O)O)CC(N=[N+]=[N-])C1NC(=O)C(F)(F)F. The number of ether oxygens (including phenoxy) is 1. The fraction of sp³-hybridized carbons (Fsp3) is 0.667. The molecule has 11 heteroatoms. The number of azide groups is 1. The van der Waals surface area contributed by atoms with Gasteiger partial charge in [0.25, 0.3) is 0 Å². The Balaban J connectivity index is 3.13. The van der Waals surface area contributed by atoms with E-state index in [1.165, 1.54) is 0 Å². The van der Waals surface area contributed by atoms with Gasteiger partial charge in [-0.2, -0.15) is 13.2 Å². The van der Waals surface area contributed by atoms with Gasteiger partial charge in [0.2, 0.25) is 0 Å². The van der Waals surface area contributed by atoms with E-state index in [0.717, 1.165) is 6.08 Å². The zero-order valence-electron chi connectivity index (χ0n) is 12.1. The summed E-state index contributed by atoms with van der Waals surface area (Å²) < 4.78 is 42.6. The molecule has 23 heavy (non-hydrogen) atoms. The minimum Gasteiger partial charge on any atom is -0.478 e. The number of carbonyl (C=O) groups excluding carboxylic acids is 1. The van der Waals surface area contributed by atoms with Crippen molar-refractivity contribution < 1.29 is 32.6 Å². The summed E-state index contributed by atoms with van der Waals surface area (Å²) in [6.07, 6.45) is -4.92. The summed E-state index contributed by atoms with van der Waals surface area (Å²) in [6, 6.07) is -2.51. The van der Waals surface area contributed by atoms with E-state index < -0.39 is 36.2 Å². The lowest BCUT2D eigenvalue weighted by Crippen LogP contribution is -2.55. The van der Waals surface area contributed by atoms with Crippen molar-refractivity contribution in [2.24, 2.45) is 5.11 Å². The molecule has 1 aliphatic carbocycles. The number of nitrogens with zero attached hydrogens (tertiary/aromatic N) is 3. The fourth-order valence-corrected chi connectivity index (χ4v) is 2.10. The maximum absolute atomic E-state index is 12.4. The summed E-state index contributed by atoms with van der Waals surface area (Å²) in [6.45, 7) is 1.88. The maximum Gasteiger partial charge on any atom is 0.471 e. The normalized spacial score (nSPS) is 24.3. The highest BCUT2D eigenvalue weighted by atomic mass is 19.4. The van der Waals surface area contributed by atoms with Gasteiger partial charge in [-0.25, -0.2) is 4.79 Å². The van der Waals surface area contributed by atoms with Crippen LogP contribution in [0.3, 0.4) is 0 Å². The van der Waals surface area contributed by atoms with E-state index in [4.69, 9.17) is 15.4 Å². The standard InChI is InChI=1S/C12H15F3N4O4/c1-2-3-23-8-5-6(10(20)21)4-7(18-19-16)9(8)17-11(22)12(13,14)15/h5,7-9H,2-4H2,1H3,(H,17,22)(H,20,21). The number of carboxylic acid groups (broad SMARTS) is 1. The molecule has 3 atom stereocenters. The molecule has 0 spiro atoms. The van der Waals surface area contributed by atoms with Crippen molar-refractivity contribution in [3.05, 3.63) is 22.1 Å². The number of hydrogen-bond acceptors (Lipinski definition) is 4. The molecule has 0 aromatic carbocycles. The van der Waals surface area contributed by atoms with Gasteiger partial charge >= 0.3 is 18.1 Å². The summed E-state index contributed by atoms with van der Waals surface area (Å²) in [5.74, 6) is -3.51. The topological polar surface area (TPSA) is 124 Å². The van der Waals surface area contributed by atoms with Crippen LogP contribution in [0.25, 0.3) is 10.4 Å². The van der Waals surface area contributed by atoms with E-state index in [2.05, 4.69) is 10.0 Å². The summed E-state index contributed by atoms with van der Waals surface area (Å²) in [4.78, 5) is 24.7. The van der Waals surface area contributed by atoms with E-state index in [1.807, 2.05) is 0 Å². The lowest BCUT2D eigenvalue weighted by atomic mass is 9.88. The number of carboxylic acids is 1. The molecule has 0 bridgehead atoms. The van der Waals surface area contributed by atoms with Crippen LogP contribution >= 0.6 is 0 Å². The molecule has 0 saturated carbocycles. The highest BCUT2D eigenvalue weighted by Gasteiger charge is 2.44. The second-order valence-corrected chi connectivity index (χ2v) is 4.81. The number of rotatable bonds is 6. The first-order valence-electron chi connectivity index (χ1n) is 6.68. The molecule has 1 rings (SSSR count). The van der Waals surface area contributed by atoms with Crippen molar-refractivity contribution in [1.29, 1.82) is 0 Å². The average molecular weight is 336 g/mol. The van der Waals surface area contributed by atoms with Crippen LogP contribution in [0.1, 0.15) is 19.8 Å². The van der Waals surface area contributed by atoms with Crippen molar-refractivity contribution in [3.8, 4) is 0 Å². The molecule has 1 aliphatic rings. The molecule has 2 N–H and O–H groups in total. The second-order valence-electron chi connectivity index (χ2n) is 4.81. The van der Waals surface area contributed by atoms with Crippen LogP contribution in [0, 0.1) is 0 Å². The van der Waals surface area contributed by atoms with Gasteiger partial charge in [0.1, 0.15) is 0 Å². The van der Waals surface area contributed by atoms with Gasteiger partial charge in [0.15, 0.2) is 0 Å². The second kappa shape index (κ2) is 7.84. The quantitative estimate of drug-likeness (QED) is 0.437. The van der Waals surface area contributed by atoms with Crippen molar-refractivity contribution in [2.75, 3.05) is 6.61 Å². The zero-order chi connectivity index (χ0) is 17.6. The van der Waals surface area contributed by atoms with Gasteiger partial charge in [0, 0.05) is 17.1 Å². The van der Waals surface area contributed by atoms with E-state index in [0.29, 0.717) is 6.42 Å². The van der Waals surface area contributed by atoms with Gasteiger partial charge in [-0.1, -0.05) is 12.0 Å². The van der Waals surface area contributed by atoms with Crippen LogP contribution in [0.15, 0.2) is 16.8 Å². The molecular weight excluding hydrogens is 321 g/mol. The first-order chi connectivity index (χ1) is 10.7. The van der Waals surface area contributed by atoms with Crippen molar-refractivity contribution >= 4 is 11.9 Å². The smallest absolute Gasteiger partial charge is 0.471 e. The third kappa shape index (κ3) is 5.15. The van der Waals surface area contributed by atoms with E-state index in [-0.39, 0.29) is 18.6 Å². The molecule has 0 heterocycles. The number of halogens is 3. The third-order valence-corrected chi connectivity index (χ3v) is 3.11. The van der Waals surface area contributed by atoms with Crippen LogP contribution in [0.5, 0.6) is 0 Å². The maximum atomic E-state index is 12.4. The van der Waals surface area contributed by atoms with E-state index in [9.17, 15) is 22.8 Å². The molecule has 0 aromatic rings. The first kappa shape index (κ1) is 18.8. The van der Waals surface area contributed by atoms with Crippen molar-refractivity contribution in [2.45, 2.75) is 44.1 Å². The summed E-state index contributed by atoms with van der Waals surface area (Å²) in [5, 5.41) is 14.1. The summed E-state index contributed by atoms with van der Waals surface area (Å²) in [7, 11) is 0. The predicted molar refractivity (Wildman–Crippen MR) is 71.3 cm³/mol. The van der Waals surface area contributed by atoms with Crippen LogP contribution < -0.4 is 5.32 Å². The molecule has 0 saturated heterocycles. The highest BCUT2D eigenvalue weighted by molar-refractivity contribution is 5.87. The van der Waals surface area contributed by atoms with Crippen LogP contribution in [0.4, 0.5) is 13.2 Å². The largest absolute Gasteiger partial charge is 0.478 e. The van der Waals surface area contributed by atoms with Crippen LogP contribution in [-0.4, -0.2) is 48.0 Å². The van der Waals surface area contributed by atoms with Crippen LogP contribution in [0.2, 0.25) is 0 Å². The molecule has 8 nitrogen and oxygen atoms in total. The van der Waals surface area contributed by atoms with E-state index >= 15 is 0 Å². The molecule has 128 valence electrons. The minimum absolute atomic E-state index is 0.134. The third-order valence-electron chi connectivity index (χ3n) is 3.11. The Morgan fingerprint density at radius 3 is 2.70 bits per heavy atom. The number of carbonyl (C=O) groups is 2. The predicted octanol–water partition coefficient (Wildman–Crippen LogP) is 1.92. The molecule has 1 amide bonds. The first-order valence-corrected chi connectivity index (χ1v) is 6.68. The van der Waals surface area contributed by atoms with Gasteiger partial charge in [-0.15, -0.1) is 0 Å². The minimum atomic E-state index is -5.12.